The van der Waals surface area contributed by atoms with Gasteiger partial charge in [0.2, 0.25) is 0 Å². The highest BCUT2D eigenvalue weighted by Crippen LogP contribution is 2.19. The van der Waals surface area contributed by atoms with Crippen molar-refractivity contribution in [3.63, 3.8) is 0 Å². The summed E-state index contributed by atoms with van der Waals surface area (Å²) in [7, 11) is 0. The van der Waals surface area contributed by atoms with E-state index < -0.39 is 0 Å². The van der Waals surface area contributed by atoms with Crippen molar-refractivity contribution in [2.75, 3.05) is 5.32 Å². The topological polar surface area (TPSA) is 24.1 Å². The highest BCUT2D eigenvalue weighted by Gasteiger charge is 2.13. The van der Waals surface area contributed by atoms with E-state index in [1.165, 1.54) is 16.7 Å². The maximum atomic E-state index is 5.57. The van der Waals surface area contributed by atoms with Crippen LogP contribution in [-0.2, 0) is 6.42 Å². The Morgan fingerprint density at radius 1 is 0.840 bits per heavy atom. The molecule has 0 heterocycles. The number of benzene rings is 3. The van der Waals surface area contributed by atoms with Gasteiger partial charge in [-0.2, -0.15) is 0 Å². The fraction of sp³-hybridized carbons (Fsp3) is 0.136. The summed E-state index contributed by atoms with van der Waals surface area (Å²) >= 11 is 5.57. The molecule has 0 amide bonds. The first-order valence-electron chi connectivity index (χ1n) is 8.44. The second kappa shape index (κ2) is 8.45. The van der Waals surface area contributed by atoms with E-state index in [9.17, 15) is 0 Å². The molecule has 0 saturated carbocycles. The molecule has 2 nitrogen and oxygen atoms in total. The number of rotatable bonds is 5. The average molecular weight is 346 g/mol. The molecule has 0 aromatic heterocycles. The molecule has 0 unspecified atom stereocenters. The molecule has 25 heavy (non-hydrogen) atoms. The lowest BCUT2D eigenvalue weighted by atomic mass is 9.99. The van der Waals surface area contributed by atoms with Crippen LogP contribution in [0, 0.1) is 6.92 Å². The lowest BCUT2D eigenvalue weighted by Gasteiger charge is -2.22. The van der Waals surface area contributed by atoms with Gasteiger partial charge in [0.15, 0.2) is 5.11 Å². The molecule has 0 saturated heterocycles. The number of anilines is 1. The number of thiocarbonyl (C=S) groups is 1. The van der Waals surface area contributed by atoms with Gasteiger partial charge < -0.3 is 10.6 Å². The van der Waals surface area contributed by atoms with E-state index in [0.717, 1.165) is 12.1 Å². The molecule has 0 radical (unpaired) electrons. The van der Waals surface area contributed by atoms with E-state index in [4.69, 9.17) is 12.2 Å². The minimum Gasteiger partial charge on any atom is -0.355 e. The van der Waals surface area contributed by atoms with Gasteiger partial charge in [-0.3, -0.25) is 0 Å². The van der Waals surface area contributed by atoms with Crippen LogP contribution in [0.1, 0.15) is 22.7 Å². The van der Waals surface area contributed by atoms with Crippen LogP contribution in [0.2, 0.25) is 0 Å². The third-order valence-corrected chi connectivity index (χ3v) is 4.40. The quantitative estimate of drug-likeness (QED) is 0.616. The van der Waals surface area contributed by atoms with Crippen molar-refractivity contribution in [2.24, 2.45) is 0 Å². The van der Waals surface area contributed by atoms with Crippen molar-refractivity contribution in [1.29, 1.82) is 0 Å². The highest BCUT2D eigenvalue weighted by molar-refractivity contribution is 7.80. The first-order chi connectivity index (χ1) is 12.2. The third-order valence-electron chi connectivity index (χ3n) is 4.18. The van der Waals surface area contributed by atoms with Crippen LogP contribution in [0.3, 0.4) is 0 Å². The normalized spacial score (nSPS) is 11.6. The number of para-hydroxylation sites is 1. The van der Waals surface area contributed by atoms with E-state index in [-0.39, 0.29) is 6.04 Å². The molecule has 0 spiro atoms. The van der Waals surface area contributed by atoms with Crippen LogP contribution in [0.15, 0.2) is 84.9 Å². The zero-order chi connectivity index (χ0) is 17.5. The summed E-state index contributed by atoms with van der Waals surface area (Å²) in [6, 6.07) is 29.2. The smallest absolute Gasteiger partial charge is 0.171 e. The molecule has 0 aliphatic heterocycles. The Balaban J connectivity index is 1.75. The van der Waals surface area contributed by atoms with Crippen LogP contribution in [0.5, 0.6) is 0 Å². The summed E-state index contributed by atoms with van der Waals surface area (Å²) in [5.41, 5.74) is 4.71. The van der Waals surface area contributed by atoms with Gasteiger partial charge in [-0.25, -0.2) is 0 Å². The Bertz CT molecular complexity index is 816. The van der Waals surface area contributed by atoms with Crippen molar-refractivity contribution in [2.45, 2.75) is 19.4 Å². The monoisotopic (exact) mass is 346 g/mol. The molecule has 126 valence electrons. The highest BCUT2D eigenvalue weighted by atomic mass is 32.1. The van der Waals surface area contributed by atoms with Crippen molar-refractivity contribution in [1.82, 2.24) is 5.32 Å². The van der Waals surface area contributed by atoms with Gasteiger partial charge in [-0.15, -0.1) is 0 Å². The summed E-state index contributed by atoms with van der Waals surface area (Å²) in [4.78, 5) is 0. The summed E-state index contributed by atoms with van der Waals surface area (Å²) in [5, 5.41) is 7.43. The molecule has 3 heteroatoms. The first-order valence-corrected chi connectivity index (χ1v) is 8.85. The van der Waals surface area contributed by atoms with Gasteiger partial charge >= 0.3 is 0 Å². The predicted molar refractivity (Wildman–Crippen MR) is 110 cm³/mol. The van der Waals surface area contributed by atoms with E-state index in [2.05, 4.69) is 72.2 Å². The fourth-order valence-corrected chi connectivity index (χ4v) is 3.07. The number of hydrogen-bond acceptors (Lipinski definition) is 1. The van der Waals surface area contributed by atoms with Gasteiger partial charge in [0.05, 0.1) is 6.04 Å². The Kier molecular flexibility index (Phi) is 5.81. The van der Waals surface area contributed by atoms with Crippen molar-refractivity contribution < 1.29 is 0 Å². The third kappa shape index (κ3) is 4.91. The van der Waals surface area contributed by atoms with Crippen LogP contribution in [0.25, 0.3) is 0 Å². The second-order valence-corrected chi connectivity index (χ2v) is 6.47. The fourth-order valence-electron chi connectivity index (χ4n) is 2.82. The van der Waals surface area contributed by atoms with Gasteiger partial charge in [0.25, 0.3) is 0 Å². The minimum atomic E-state index is 0.118. The number of aryl methyl sites for hydroxylation is 1. The molecule has 1 atom stereocenters. The molecule has 0 bridgehead atoms. The average Bonchev–Trinajstić information content (AvgIpc) is 2.65. The predicted octanol–water partition coefficient (Wildman–Crippen LogP) is 5.27. The molecule has 2 N–H and O–H groups in total. The van der Waals surface area contributed by atoms with Crippen molar-refractivity contribution in [3.05, 3.63) is 102 Å². The summed E-state index contributed by atoms with van der Waals surface area (Å²) < 4.78 is 0. The maximum absolute atomic E-state index is 5.57. The largest absolute Gasteiger partial charge is 0.355 e. The van der Waals surface area contributed by atoms with Crippen LogP contribution in [-0.4, -0.2) is 5.11 Å². The maximum Gasteiger partial charge on any atom is 0.171 e. The molecular formula is C22H22N2S. The van der Waals surface area contributed by atoms with Crippen molar-refractivity contribution >= 4 is 23.0 Å². The zero-order valence-electron chi connectivity index (χ0n) is 14.3. The molecule has 3 aromatic rings. The van der Waals surface area contributed by atoms with E-state index >= 15 is 0 Å². The Hall–Kier alpha value is -2.65. The van der Waals surface area contributed by atoms with E-state index in [0.29, 0.717) is 5.11 Å². The Morgan fingerprint density at radius 2 is 1.44 bits per heavy atom. The Labute approximate surface area is 154 Å². The lowest BCUT2D eigenvalue weighted by Crippen LogP contribution is -2.33. The van der Waals surface area contributed by atoms with Crippen molar-refractivity contribution in [3.8, 4) is 0 Å². The molecule has 0 aliphatic rings. The summed E-state index contributed by atoms with van der Waals surface area (Å²) in [6.07, 6.45) is 0.875. The molecule has 0 aliphatic carbocycles. The molecule has 0 fully saturated rings. The number of hydrogen-bond donors (Lipinski definition) is 2. The second-order valence-electron chi connectivity index (χ2n) is 6.07. The van der Waals surface area contributed by atoms with Gasteiger partial charge in [0.1, 0.15) is 0 Å². The number of nitrogens with one attached hydrogen (secondary N) is 2. The van der Waals surface area contributed by atoms with Gasteiger partial charge in [-0.05, 0) is 48.3 Å². The van der Waals surface area contributed by atoms with Crippen LogP contribution < -0.4 is 10.6 Å². The first kappa shape index (κ1) is 17.2. The van der Waals surface area contributed by atoms with Crippen LogP contribution >= 0.6 is 12.2 Å². The van der Waals surface area contributed by atoms with Gasteiger partial charge in [0, 0.05) is 5.69 Å². The standard InChI is InChI=1S/C22H22N2S/c1-17-10-8-9-15-20(17)23-22(25)24-21(19-13-6-3-7-14-19)16-18-11-4-2-5-12-18/h2-15,21H,16H2,1H3,(H2,23,24,25)/t21-/m0/s1. The SMILES string of the molecule is Cc1ccccc1NC(=S)N[C@@H](Cc1ccccc1)c1ccccc1. The van der Waals surface area contributed by atoms with E-state index in [1.54, 1.807) is 0 Å². The van der Waals surface area contributed by atoms with Crippen LogP contribution in [0.4, 0.5) is 5.69 Å². The lowest BCUT2D eigenvalue weighted by molar-refractivity contribution is 0.648. The molecule has 3 aromatic carbocycles. The zero-order valence-corrected chi connectivity index (χ0v) is 15.1. The van der Waals surface area contributed by atoms with E-state index in [1.807, 2.05) is 30.3 Å². The Morgan fingerprint density at radius 3 is 2.12 bits per heavy atom. The molecular weight excluding hydrogens is 324 g/mol. The minimum absolute atomic E-state index is 0.118. The summed E-state index contributed by atoms with van der Waals surface area (Å²) in [5.74, 6) is 0. The van der Waals surface area contributed by atoms with Gasteiger partial charge in [-0.1, -0.05) is 78.9 Å². The molecule has 3 rings (SSSR count). The summed E-state index contributed by atoms with van der Waals surface area (Å²) in [6.45, 7) is 2.07.